The zero-order chi connectivity index (χ0) is 23.8. The van der Waals surface area contributed by atoms with Crippen molar-refractivity contribution in [1.82, 2.24) is 14.9 Å². The molecule has 1 aliphatic heterocycles. The van der Waals surface area contributed by atoms with Gasteiger partial charge in [0.1, 0.15) is 5.75 Å². The minimum Gasteiger partial charge on any atom is -0.497 e. The number of nitrogens with zero attached hydrogens (tertiary/aromatic N) is 3. The number of ether oxygens (including phenoxy) is 1. The van der Waals surface area contributed by atoms with Gasteiger partial charge in [0.05, 0.1) is 24.9 Å². The summed E-state index contributed by atoms with van der Waals surface area (Å²) in [6.07, 6.45) is 1.83. The van der Waals surface area contributed by atoms with Crippen LogP contribution in [-0.4, -0.2) is 21.8 Å². The molecule has 1 fully saturated rings. The van der Waals surface area contributed by atoms with Crippen LogP contribution in [0.3, 0.4) is 0 Å². The van der Waals surface area contributed by atoms with Crippen molar-refractivity contribution in [2.45, 2.75) is 25.9 Å². The zero-order valence-electron chi connectivity index (χ0n) is 19.2. The second kappa shape index (κ2) is 9.24. The lowest BCUT2D eigenvalue weighted by Crippen LogP contribution is -2.29. The summed E-state index contributed by atoms with van der Waals surface area (Å²) in [5.74, 6) is 0.792. The van der Waals surface area contributed by atoms with E-state index < -0.39 is 0 Å². The van der Waals surface area contributed by atoms with E-state index in [1.54, 1.807) is 7.11 Å². The summed E-state index contributed by atoms with van der Waals surface area (Å²) < 4.78 is 8.86. The first kappa shape index (κ1) is 22.6. The van der Waals surface area contributed by atoms with Crippen LogP contribution in [0.25, 0.3) is 5.69 Å². The minimum absolute atomic E-state index is 0.0788. The number of aromatic nitrogens is 2. The second-order valence-corrected chi connectivity index (χ2v) is 9.64. The van der Waals surface area contributed by atoms with Crippen LogP contribution in [0.15, 0.2) is 83.5 Å². The average molecular weight is 533 g/mol. The van der Waals surface area contributed by atoms with E-state index in [0.717, 1.165) is 33.0 Å². The number of benzene rings is 2. The van der Waals surface area contributed by atoms with Gasteiger partial charge in [-0.1, -0.05) is 28.1 Å². The van der Waals surface area contributed by atoms with Crippen molar-refractivity contribution in [3.05, 3.63) is 106 Å². The van der Waals surface area contributed by atoms with Gasteiger partial charge < -0.3 is 19.5 Å². The van der Waals surface area contributed by atoms with Crippen molar-refractivity contribution >= 4 is 38.9 Å². The number of rotatable bonds is 5. The van der Waals surface area contributed by atoms with Crippen LogP contribution < -0.4 is 15.0 Å². The smallest absolute Gasteiger partial charge is 0.174 e. The summed E-state index contributed by atoms with van der Waals surface area (Å²) in [4.78, 5) is 6.86. The van der Waals surface area contributed by atoms with E-state index in [1.807, 2.05) is 36.5 Å². The fraction of sp³-hybridized carbons (Fsp3) is 0.185. The summed E-state index contributed by atoms with van der Waals surface area (Å²) in [6.45, 7) is 4.32. The van der Waals surface area contributed by atoms with Crippen LogP contribution in [-0.2, 0) is 0 Å². The molecule has 1 saturated heterocycles. The van der Waals surface area contributed by atoms with E-state index in [-0.39, 0.29) is 12.1 Å². The zero-order valence-corrected chi connectivity index (χ0v) is 21.6. The molecule has 2 aromatic carbocycles. The maximum absolute atomic E-state index is 5.88. The van der Waals surface area contributed by atoms with E-state index in [9.17, 15) is 0 Å². The van der Waals surface area contributed by atoms with Crippen molar-refractivity contribution < 1.29 is 4.74 Å². The summed E-state index contributed by atoms with van der Waals surface area (Å²) >= 11 is 9.43. The third kappa shape index (κ3) is 3.99. The van der Waals surface area contributed by atoms with E-state index in [0.29, 0.717) is 5.11 Å². The first-order chi connectivity index (χ1) is 16.5. The quantitative estimate of drug-likeness (QED) is 0.299. The topological polar surface area (TPSA) is 42.3 Å². The highest BCUT2D eigenvalue weighted by molar-refractivity contribution is 9.10. The van der Waals surface area contributed by atoms with Crippen LogP contribution in [0.4, 0.5) is 5.69 Å². The summed E-state index contributed by atoms with van der Waals surface area (Å²) in [5, 5.41) is 4.22. The second-order valence-electron chi connectivity index (χ2n) is 8.34. The van der Waals surface area contributed by atoms with Crippen molar-refractivity contribution in [3.63, 3.8) is 0 Å². The molecule has 2 unspecified atom stereocenters. The van der Waals surface area contributed by atoms with Crippen LogP contribution in [0.5, 0.6) is 5.75 Å². The number of thiocarbonyl (C=S) groups is 1. The van der Waals surface area contributed by atoms with Crippen molar-refractivity contribution in [2.75, 3.05) is 12.0 Å². The molecule has 2 aromatic heterocycles. The Kier molecular flexibility index (Phi) is 6.15. The fourth-order valence-corrected chi connectivity index (χ4v) is 5.39. The molecule has 0 amide bonds. The Labute approximate surface area is 213 Å². The number of halogens is 1. The average Bonchev–Trinajstić information content (AvgIpc) is 3.35. The van der Waals surface area contributed by atoms with Gasteiger partial charge in [0.25, 0.3) is 0 Å². The van der Waals surface area contributed by atoms with Gasteiger partial charge in [-0.2, -0.15) is 0 Å². The van der Waals surface area contributed by atoms with Gasteiger partial charge in [0.15, 0.2) is 5.11 Å². The maximum atomic E-state index is 5.88. The molecule has 172 valence electrons. The van der Waals surface area contributed by atoms with Crippen molar-refractivity contribution in [3.8, 4) is 11.4 Å². The largest absolute Gasteiger partial charge is 0.497 e. The summed E-state index contributed by atoms with van der Waals surface area (Å²) in [7, 11) is 1.68. The molecule has 5 rings (SSSR count). The molecule has 1 N–H and O–H groups in total. The lowest BCUT2D eigenvalue weighted by atomic mass is 9.96. The predicted molar refractivity (Wildman–Crippen MR) is 144 cm³/mol. The normalized spacial score (nSPS) is 17.6. The van der Waals surface area contributed by atoms with Gasteiger partial charge >= 0.3 is 0 Å². The molecule has 4 aromatic rings. The van der Waals surface area contributed by atoms with Crippen LogP contribution in [0.1, 0.15) is 34.7 Å². The number of nitrogens with one attached hydrogen (secondary N) is 1. The Morgan fingerprint density at radius 1 is 0.971 bits per heavy atom. The van der Waals surface area contributed by atoms with Gasteiger partial charge in [0.2, 0.25) is 0 Å². The van der Waals surface area contributed by atoms with Crippen molar-refractivity contribution in [2.24, 2.45) is 0 Å². The maximum Gasteiger partial charge on any atom is 0.174 e. The van der Waals surface area contributed by atoms with Gasteiger partial charge in [-0.25, -0.2) is 0 Å². The SMILES string of the molecule is COc1cccc(N2C(=S)NC(c3ccccn3)C2c2cc(C)n(-c3ccc(Br)cc3)c2C)c1. The highest BCUT2D eigenvalue weighted by Gasteiger charge is 2.42. The number of aryl methyl sites for hydroxylation is 1. The molecule has 7 heteroatoms. The molecule has 1 aliphatic rings. The molecule has 2 atom stereocenters. The Morgan fingerprint density at radius 2 is 1.76 bits per heavy atom. The third-order valence-electron chi connectivity index (χ3n) is 6.30. The first-order valence-electron chi connectivity index (χ1n) is 11.1. The lowest BCUT2D eigenvalue weighted by molar-refractivity contribution is 0.415. The fourth-order valence-electron chi connectivity index (χ4n) is 4.78. The number of anilines is 1. The van der Waals surface area contributed by atoms with E-state index >= 15 is 0 Å². The van der Waals surface area contributed by atoms with Crippen LogP contribution in [0.2, 0.25) is 0 Å². The minimum atomic E-state index is -0.0984. The molecule has 0 radical (unpaired) electrons. The number of hydrogen-bond acceptors (Lipinski definition) is 3. The van der Waals surface area contributed by atoms with Crippen molar-refractivity contribution in [1.29, 1.82) is 0 Å². The molecule has 0 bridgehead atoms. The Bertz CT molecular complexity index is 1340. The Morgan fingerprint density at radius 3 is 2.47 bits per heavy atom. The predicted octanol–water partition coefficient (Wildman–Crippen LogP) is 6.44. The van der Waals surface area contributed by atoms with Gasteiger partial charge in [-0.05, 0) is 86.2 Å². The molecule has 0 saturated carbocycles. The number of methoxy groups -OCH3 is 1. The van der Waals surface area contributed by atoms with E-state index in [4.69, 9.17) is 17.0 Å². The van der Waals surface area contributed by atoms with Gasteiger partial charge in [-0.15, -0.1) is 0 Å². The molecular weight excluding hydrogens is 508 g/mol. The van der Waals surface area contributed by atoms with Gasteiger partial charge in [-0.3, -0.25) is 4.98 Å². The van der Waals surface area contributed by atoms with Gasteiger partial charge in [0, 0.05) is 39.5 Å². The number of pyridine rings is 1. The highest BCUT2D eigenvalue weighted by Crippen LogP contribution is 2.44. The molecule has 3 heterocycles. The van der Waals surface area contributed by atoms with E-state index in [2.05, 4.69) is 92.0 Å². The molecule has 5 nitrogen and oxygen atoms in total. The van der Waals surface area contributed by atoms with Crippen LogP contribution >= 0.6 is 28.1 Å². The third-order valence-corrected chi connectivity index (χ3v) is 7.15. The summed E-state index contributed by atoms with van der Waals surface area (Å²) in [5.41, 5.74) is 6.59. The highest BCUT2D eigenvalue weighted by atomic mass is 79.9. The Balaban J connectivity index is 1.68. The molecular formula is C27H25BrN4OS. The number of hydrogen-bond donors (Lipinski definition) is 1. The first-order valence-corrected chi connectivity index (χ1v) is 12.3. The Hall–Kier alpha value is -3.16. The monoisotopic (exact) mass is 532 g/mol. The molecule has 0 spiro atoms. The lowest BCUT2D eigenvalue weighted by Gasteiger charge is -2.28. The van der Waals surface area contributed by atoms with Crippen LogP contribution in [0, 0.1) is 13.8 Å². The standard InChI is InChI=1S/C27H25BrN4OS/c1-17-15-23(18(2)31(17)20-12-10-19(28)11-13-20)26-25(24-9-4-5-14-29-24)30-27(34)32(26)21-7-6-8-22(16-21)33-3/h4-16,25-26H,1-3H3,(H,30,34). The summed E-state index contributed by atoms with van der Waals surface area (Å²) in [6, 6.07) is 24.5. The molecule has 0 aliphatic carbocycles. The molecule has 34 heavy (non-hydrogen) atoms. The van der Waals surface area contributed by atoms with E-state index in [1.165, 1.54) is 11.3 Å².